The summed E-state index contributed by atoms with van der Waals surface area (Å²) in [5.41, 5.74) is 1.70. The standard InChI is InChI=1S/C31H29N3O5S/c1-2-8-30(35)39-25-15-19-27(20-16-25)40-26-17-13-24(14-18-26)33(22-21-23-9-4-3-5-10-23)31(36)32-28-11-6-7-12-29(28)34(37)38/h3-7,9-20H,2,8,21-22H2,1H3,(H,32,36). The SMILES string of the molecule is CCCC(=O)Oc1ccc(Sc2ccc(N(CCc3ccccc3)C(=O)Nc3ccccc3[N+](=O)[O-])cc2)cc1. The summed E-state index contributed by atoms with van der Waals surface area (Å²) in [5, 5.41) is 14.2. The first-order valence-corrected chi connectivity index (χ1v) is 13.7. The largest absolute Gasteiger partial charge is 0.427 e. The van der Waals surface area contributed by atoms with Gasteiger partial charge in [-0.3, -0.25) is 19.8 Å². The Hall–Kier alpha value is -4.63. The minimum atomic E-state index is -0.516. The first-order valence-electron chi connectivity index (χ1n) is 12.9. The van der Waals surface area contributed by atoms with Gasteiger partial charge in [0, 0.05) is 34.5 Å². The maximum absolute atomic E-state index is 13.4. The van der Waals surface area contributed by atoms with Gasteiger partial charge in [-0.2, -0.15) is 0 Å². The molecule has 0 aliphatic carbocycles. The molecule has 0 unspecified atom stereocenters. The van der Waals surface area contributed by atoms with Crippen molar-refractivity contribution < 1.29 is 19.2 Å². The maximum Gasteiger partial charge on any atom is 0.326 e. The second-order valence-corrected chi connectivity index (χ2v) is 10.0. The van der Waals surface area contributed by atoms with Crippen LogP contribution >= 0.6 is 11.8 Å². The Bertz CT molecular complexity index is 1440. The molecule has 4 rings (SSSR count). The summed E-state index contributed by atoms with van der Waals surface area (Å²) in [6.07, 6.45) is 1.72. The molecule has 9 heteroatoms. The third kappa shape index (κ3) is 7.94. The van der Waals surface area contributed by atoms with Crippen LogP contribution in [0.1, 0.15) is 25.3 Å². The number of hydrogen-bond acceptors (Lipinski definition) is 6. The van der Waals surface area contributed by atoms with E-state index in [0.717, 1.165) is 21.8 Å². The lowest BCUT2D eigenvalue weighted by Crippen LogP contribution is -2.36. The van der Waals surface area contributed by atoms with E-state index in [2.05, 4.69) is 5.32 Å². The number of amides is 2. The molecule has 8 nitrogen and oxygen atoms in total. The van der Waals surface area contributed by atoms with Crippen LogP contribution in [0.5, 0.6) is 5.75 Å². The first-order chi connectivity index (χ1) is 19.4. The summed E-state index contributed by atoms with van der Waals surface area (Å²) in [6, 6.07) is 30.3. The molecule has 204 valence electrons. The van der Waals surface area contributed by atoms with Gasteiger partial charge in [0.25, 0.3) is 5.69 Å². The smallest absolute Gasteiger partial charge is 0.326 e. The number of urea groups is 1. The zero-order valence-corrected chi connectivity index (χ0v) is 22.8. The Morgan fingerprint density at radius 3 is 2.15 bits per heavy atom. The van der Waals surface area contributed by atoms with Crippen molar-refractivity contribution >= 4 is 40.8 Å². The normalized spacial score (nSPS) is 10.5. The highest BCUT2D eigenvalue weighted by molar-refractivity contribution is 7.99. The van der Waals surface area contributed by atoms with Gasteiger partial charge in [-0.05, 0) is 73.0 Å². The maximum atomic E-state index is 13.4. The summed E-state index contributed by atoms with van der Waals surface area (Å²) < 4.78 is 5.31. The minimum absolute atomic E-state index is 0.137. The second kappa shape index (κ2) is 14.0. The molecule has 0 saturated carbocycles. The minimum Gasteiger partial charge on any atom is -0.427 e. The van der Waals surface area contributed by atoms with E-state index in [9.17, 15) is 19.7 Å². The summed E-state index contributed by atoms with van der Waals surface area (Å²) in [6.45, 7) is 2.30. The van der Waals surface area contributed by atoms with Crippen LogP contribution in [-0.2, 0) is 11.2 Å². The van der Waals surface area contributed by atoms with Gasteiger partial charge in [0.1, 0.15) is 11.4 Å². The topological polar surface area (TPSA) is 102 Å². The molecular weight excluding hydrogens is 526 g/mol. The molecule has 0 spiro atoms. The third-order valence-electron chi connectivity index (χ3n) is 5.95. The molecule has 4 aromatic rings. The number of nitrogens with one attached hydrogen (secondary N) is 1. The molecular formula is C31H29N3O5S. The lowest BCUT2D eigenvalue weighted by molar-refractivity contribution is -0.383. The zero-order valence-electron chi connectivity index (χ0n) is 22.0. The number of para-hydroxylation sites is 2. The fourth-order valence-electron chi connectivity index (χ4n) is 3.95. The summed E-state index contributed by atoms with van der Waals surface area (Å²) in [5.74, 6) is 0.262. The molecule has 0 aliphatic rings. The van der Waals surface area contributed by atoms with Crippen LogP contribution < -0.4 is 15.0 Å². The Morgan fingerprint density at radius 1 is 0.875 bits per heavy atom. The quantitative estimate of drug-likeness (QED) is 0.0879. The number of rotatable bonds is 11. The number of hydrogen-bond donors (Lipinski definition) is 1. The van der Waals surface area contributed by atoms with Gasteiger partial charge in [-0.25, -0.2) is 4.79 Å². The molecule has 0 heterocycles. The van der Waals surface area contributed by atoms with Gasteiger partial charge >= 0.3 is 12.0 Å². The van der Waals surface area contributed by atoms with Crippen molar-refractivity contribution in [2.24, 2.45) is 0 Å². The van der Waals surface area contributed by atoms with E-state index >= 15 is 0 Å². The van der Waals surface area contributed by atoms with Crippen LogP contribution in [0.4, 0.5) is 21.9 Å². The van der Waals surface area contributed by atoms with Gasteiger partial charge in [-0.1, -0.05) is 61.2 Å². The lowest BCUT2D eigenvalue weighted by Gasteiger charge is -2.23. The fourth-order valence-corrected chi connectivity index (χ4v) is 4.76. The number of ether oxygens (including phenoxy) is 1. The van der Waals surface area contributed by atoms with Crippen molar-refractivity contribution in [2.75, 3.05) is 16.8 Å². The number of benzene rings is 4. The van der Waals surface area contributed by atoms with E-state index in [1.165, 1.54) is 23.9 Å². The van der Waals surface area contributed by atoms with Gasteiger partial charge in [-0.15, -0.1) is 0 Å². The zero-order chi connectivity index (χ0) is 28.3. The average Bonchev–Trinajstić information content (AvgIpc) is 2.96. The van der Waals surface area contributed by atoms with Gasteiger partial charge in [0.15, 0.2) is 0 Å². The van der Waals surface area contributed by atoms with Crippen LogP contribution in [0.25, 0.3) is 0 Å². The predicted molar refractivity (Wildman–Crippen MR) is 157 cm³/mol. The molecule has 4 aromatic carbocycles. The number of nitro benzene ring substituents is 1. The van der Waals surface area contributed by atoms with Gasteiger partial charge in [0.05, 0.1) is 4.92 Å². The number of nitrogens with zero attached hydrogens (tertiary/aromatic N) is 2. The fraction of sp³-hybridized carbons (Fsp3) is 0.161. The molecule has 0 aliphatic heterocycles. The number of carbonyl (C=O) groups excluding carboxylic acids is 2. The van der Waals surface area contributed by atoms with Crippen LogP contribution in [0.2, 0.25) is 0 Å². The van der Waals surface area contributed by atoms with Crippen molar-refractivity contribution in [2.45, 2.75) is 36.0 Å². The van der Waals surface area contributed by atoms with E-state index in [1.807, 2.05) is 73.7 Å². The van der Waals surface area contributed by atoms with Crippen molar-refractivity contribution in [1.82, 2.24) is 0 Å². The molecule has 40 heavy (non-hydrogen) atoms. The summed E-state index contributed by atoms with van der Waals surface area (Å²) >= 11 is 1.54. The Kier molecular flexibility index (Phi) is 9.90. The van der Waals surface area contributed by atoms with E-state index in [0.29, 0.717) is 30.8 Å². The molecule has 2 amide bonds. The monoisotopic (exact) mass is 555 g/mol. The highest BCUT2D eigenvalue weighted by Gasteiger charge is 2.20. The third-order valence-corrected chi connectivity index (χ3v) is 6.96. The van der Waals surface area contributed by atoms with E-state index in [1.54, 1.807) is 29.2 Å². The molecule has 0 bridgehead atoms. The van der Waals surface area contributed by atoms with Crippen LogP contribution in [0.15, 0.2) is 113 Å². The average molecular weight is 556 g/mol. The molecule has 0 radical (unpaired) electrons. The van der Waals surface area contributed by atoms with Crippen LogP contribution in [0.3, 0.4) is 0 Å². The van der Waals surface area contributed by atoms with Crippen LogP contribution in [0, 0.1) is 10.1 Å². The Balaban J connectivity index is 1.49. The van der Waals surface area contributed by atoms with Crippen molar-refractivity contribution in [3.05, 3.63) is 119 Å². The number of carbonyl (C=O) groups is 2. The molecule has 0 aromatic heterocycles. The molecule has 0 atom stereocenters. The van der Waals surface area contributed by atoms with E-state index < -0.39 is 11.0 Å². The molecule has 0 saturated heterocycles. The van der Waals surface area contributed by atoms with Crippen LogP contribution in [-0.4, -0.2) is 23.5 Å². The Morgan fingerprint density at radius 2 is 1.50 bits per heavy atom. The molecule has 0 fully saturated rings. The van der Waals surface area contributed by atoms with Gasteiger partial charge < -0.3 is 10.1 Å². The summed E-state index contributed by atoms with van der Waals surface area (Å²) in [4.78, 5) is 39.5. The number of esters is 1. The Labute approximate surface area is 237 Å². The number of nitro groups is 1. The van der Waals surface area contributed by atoms with Crippen molar-refractivity contribution in [3.63, 3.8) is 0 Å². The van der Waals surface area contributed by atoms with Gasteiger partial charge in [0.2, 0.25) is 0 Å². The van der Waals surface area contributed by atoms with E-state index in [4.69, 9.17) is 4.74 Å². The van der Waals surface area contributed by atoms with E-state index in [-0.39, 0.29) is 17.3 Å². The second-order valence-electron chi connectivity index (χ2n) is 8.88. The first kappa shape index (κ1) is 28.4. The highest BCUT2D eigenvalue weighted by atomic mass is 32.2. The highest BCUT2D eigenvalue weighted by Crippen LogP contribution is 2.31. The summed E-state index contributed by atoms with van der Waals surface area (Å²) in [7, 11) is 0. The van der Waals surface area contributed by atoms with Crippen molar-refractivity contribution in [1.29, 1.82) is 0 Å². The lowest BCUT2D eigenvalue weighted by atomic mass is 10.1. The number of anilines is 2. The van der Waals surface area contributed by atoms with Crippen molar-refractivity contribution in [3.8, 4) is 5.75 Å². The predicted octanol–water partition coefficient (Wildman–Crippen LogP) is 7.73. The molecule has 1 N–H and O–H groups in total.